The first kappa shape index (κ1) is 23.5. The molecule has 0 unspecified atom stereocenters. The average molecular weight is 469 g/mol. The Morgan fingerprint density at radius 1 is 1.28 bits per heavy atom. The molecule has 140 valence electrons. The van der Waals surface area contributed by atoms with Gasteiger partial charge in [0.15, 0.2) is 5.96 Å². The van der Waals surface area contributed by atoms with Crippen LogP contribution in [0.2, 0.25) is 0 Å². The summed E-state index contributed by atoms with van der Waals surface area (Å²) in [5.41, 5.74) is -0.371. The number of aliphatic imine (C=N–C) groups is 1. The smallest absolute Gasteiger partial charge is 0.385 e. The molecule has 0 spiro atoms. The Bertz CT molecular complexity index is 595. The number of nitrogens with one attached hydrogen (secondary N) is 2. The van der Waals surface area contributed by atoms with Crippen molar-refractivity contribution in [3.8, 4) is 11.8 Å². The van der Waals surface area contributed by atoms with Gasteiger partial charge in [0.1, 0.15) is 0 Å². The van der Waals surface area contributed by atoms with E-state index in [1.165, 1.54) is 6.07 Å². The third-order valence-electron chi connectivity index (χ3n) is 2.89. The van der Waals surface area contributed by atoms with Gasteiger partial charge in [0.25, 0.3) is 0 Å². The molecule has 0 amide bonds. The highest BCUT2D eigenvalue weighted by Crippen LogP contribution is 2.29. The maximum absolute atomic E-state index is 12.6. The Balaban J connectivity index is 0.00000576. The van der Waals surface area contributed by atoms with Crippen molar-refractivity contribution in [2.24, 2.45) is 4.99 Å². The minimum absolute atomic E-state index is 0. The largest absolute Gasteiger partial charge is 0.416 e. The molecule has 8 heteroatoms. The van der Waals surface area contributed by atoms with Gasteiger partial charge in [-0.25, -0.2) is 0 Å². The fraction of sp³-hybridized carbons (Fsp3) is 0.471. The first-order valence-corrected chi connectivity index (χ1v) is 7.64. The van der Waals surface area contributed by atoms with E-state index in [0.717, 1.165) is 18.6 Å². The van der Waals surface area contributed by atoms with Gasteiger partial charge < -0.3 is 15.4 Å². The molecule has 2 N–H and O–H groups in total. The molecule has 0 atom stereocenters. The number of rotatable bonds is 6. The summed E-state index contributed by atoms with van der Waals surface area (Å²) in [6, 6.07) is 4.96. The van der Waals surface area contributed by atoms with Crippen LogP contribution in [0.25, 0.3) is 0 Å². The number of guanidine groups is 1. The van der Waals surface area contributed by atoms with E-state index in [1.54, 1.807) is 13.2 Å². The van der Waals surface area contributed by atoms with Crippen LogP contribution in [0.3, 0.4) is 0 Å². The van der Waals surface area contributed by atoms with E-state index in [9.17, 15) is 13.2 Å². The minimum Gasteiger partial charge on any atom is -0.385 e. The number of benzene rings is 1. The van der Waals surface area contributed by atoms with Crippen LogP contribution in [-0.4, -0.2) is 39.3 Å². The van der Waals surface area contributed by atoms with E-state index in [1.807, 2.05) is 6.92 Å². The third kappa shape index (κ3) is 10.2. The van der Waals surface area contributed by atoms with Gasteiger partial charge >= 0.3 is 6.18 Å². The summed E-state index contributed by atoms with van der Waals surface area (Å²) >= 11 is 0. The maximum atomic E-state index is 12.6. The first-order chi connectivity index (χ1) is 11.5. The molecule has 0 saturated carbocycles. The van der Waals surface area contributed by atoms with E-state index in [-0.39, 0.29) is 30.5 Å². The van der Waals surface area contributed by atoms with E-state index < -0.39 is 11.7 Å². The maximum Gasteiger partial charge on any atom is 0.416 e. The number of ether oxygens (including phenoxy) is 1. The fourth-order valence-electron chi connectivity index (χ4n) is 1.79. The van der Waals surface area contributed by atoms with Crippen LogP contribution in [0.4, 0.5) is 13.2 Å². The van der Waals surface area contributed by atoms with Crippen molar-refractivity contribution in [3.05, 3.63) is 35.4 Å². The van der Waals surface area contributed by atoms with Crippen molar-refractivity contribution in [3.63, 3.8) is 0 Å². The van der Waals surface area contributed by atoms with Crippen LogP contribution in [0.15, 0.2) is 29.3 Å². The highest BCUT2D eigenvalue weighted by molar-refractivity contribution is 14.0. The lowest BCUT2D eigenvalue weighted by Crippen LogP contribution is -2.37. The molecule has 0 radical (unpaired) electrons. The normalized spacial score (nSPS) is 11.2. The summed E-state index contributed by atoms with van der Waals surface area (Å²) < 4.78 is 42.8. The van der Waals surface area contributed by atoms with E-state index in [4.69, 9.17) is 4.74 Å². The van der Waals surface area contributed by atoms with Crippen molar-refractivity contribution < 1.29 is 17.9 Å². The van der Waals surface area contributed by atoms with Gasteiger partial charge in [-0.05, 0) is 31.5 Å². The highest BCUT2D eigenvalue weighted by atomic mass is 127. The number of methoxy groups -OCH3 is 1. The topological polar surface area (TPSA) is 45.7 Å². The highest BCUT2D eigenvalue weighted by Gasteiger charge is 2.30. The molecule has 0 heterocycles. The van der Waals surface area contributed by atoms with Gasteiger partial charge in [-0.2, -0.15) is 13.2 Å². The predicted octanol–water partition coefficient (Wildman–Crippen LogP) is 3.27. The zero-order valence-electron chi connectivity index (χ0n) is 14.2. The van der Waals surface area contributed by atoms with Gasteiger partial charge in [0.05, 0.1) is 12.1 Å². The average Bonchev–Trinajstić information content (AvgIpc) is 2.55. The molecule has 0 aromatic heterocycles. The van der Waals surface area contributed by atoms with Crippen molar-refractivity contribution >= 4 is 29.9 Å². The van der Waals surface area contributed by atoms with Crippen LogP contribution in [-0.2, 0) is 10.9 Å². The molecule has 0 fully saturated rings. The summed E-state index contributed by atoms with van der Waals surface area (Å²) in [6.45, 7) is 4.19. The summed E-state index contributed by atoms with van der Waals surface area (Å²) in [5, 5.41) is 6.08. The number of nitrogens with zero attached hydrogens (tertiary/aromatic N) is 1. The Kier molecular flexibility index (Phi) is 12.1. The van der Waals surface area contributed by atoms with Crippen LogP contribution in [0, 0.1) is 11.8 Å². The standard InChI is InChI=1S/C17H22F3N3O.HI/c1-3-21-16(23-11-6-12-24-2)22-10-5-8-14-7-4-9-15(13-14)17(18,19)20;/h4,7,9,13H,3,6,10-12H2,1-2H3,(H2,21,22,23);1H. The summed E-state index contributed by atoms with van der Waals surface area (Å²) in [7, 11) is 1.64. The van der Waals surface area contributed by atoms with E-state index in [0.29, 0.717) is 31.2 Å². The Labute approximate surface area is 163 Å². The molecule has 0 aliphatic carbocycles. The second-order valence-electron chi connectivity index (χ2n) is 4.84. The van der Waals surface area contributed by atoms with Gasteiger partial charge in [-0.3, -0.25) is 4.99 Å². The molecule has 1 aromatic carbocycles. The summed E-state index contributed by atoms with van der Waals surface area (Å²) in [4.78, 5) is 4.34. The molecule has 0 saturated heterocycles. The van der Waals surface area contributed by atoms with Crippen molar-refractivity contribution in [1.82, 2.24) is 10.6 Å². The molecule has 0 aliphatic heterocycles. The first-order valence-electron chi connectivity index (χ1n) is 7.64. The molecule has 0 bridgehead atoms. The van der Waals surface area contributed by atoms with Crippen LogP contribution >= 0.6 is 24.0 Å². The van der Waals surface area contributed by atoms with E-state index in [2.05, 4.69) is 27.5 Å². The second kappa shape index (κ2) is 12.8. The van der Waals surface area contributed by atoms with Crippen molar-refractivity contribution in [2.45, 2.75) is 19.5 Å². The molecule has 1 aromatic rings. The SMILES string of the molecule is CCNC(=NCCCOC)NCC#Cc1cccc(C(F)(F)F)c1.I. The van der Waals surface area contributed by atoms with E-state index >= 15 is 0 Å². The summed E-state index contributed by atoms with van der Waals surface area (Å²) in [5.74, 6) is 6.13. The van der Waals surface area contributed by atoms with Crippen LogP contribution in [0.5, 0.6) is 0 Å². The van der Waals surface area contributed by atoms with Gasteiger partial charge in [-0.15, -0.1) is 24.0 Å². The van der Waals surface area contributed by atoms with Gasteiger partial charge in [0.2, 0.25) is 0 Å². The Morgan fingerprint density at radius 3 is 2.68 bits per heavy atom. The zero-order valence-corrected chi connectivity index (χ0v) is 16.6. The predicted molar refractivity (Wildman–Crippen MR) is 104 cm³/mol. The number of alkyl halides is 3. The van der Waals surface area contributed by atoms with Crippen molar-refractivity contribution in [2.75, 3.05) is 33.4 Å². The quantitative estimate of drug-likeness (QED) is 0.221. The lowest BCUT2D eigenvalue weighted by Gasteiger charge is -2.08. The second-order valence-corrected chi connectivity index (χ2v) is 4.84. The fourth-order valence-corrected chi connectivity index (χ4v) is 1.79. The van der Waals surface area contributed by atoms with Gasteiger partial charge in [-0.1, -0.05) is 17.9 Å². The molecule has 1 rings (SSSR count). The Hall–Kier alpha value is -1.47. The third-order valence-corrected chi connectivity index (χ3v) is 2.89. The number of halogens is 4. The number of hydrogen-bond donors (Lipinski definition) is 2. The molecule has 4 nitrogen and oxygen atoms in total. The monoisotopic (exact) mass is 469 g/mol. The van der Waals surface area contributed by atoms with Gasteiger partial charge in [0, 0.05) is 32.4 Å². The molecular weight excluding hydrogens is 446 g/mol. The lowest BCUT2D eigenvalue weighted by atomic mass is 10.1. The van der Waals surface area contributed by atoms with Crippen molar-refractivity contribution in [1.29, 1.82) is 0 Å². The lowest BCUT2D eigenvalue weighted by molar-refractivity contribution is -0.137. The molecule has 0 aliphatic rings. The van der Waals surface area contributed by atoms with Crippen LogP contribution in [0.1, 0.15) is 24.5 Å². The molecule has 25 heavy (non-hydrogen) atoms. The summed E-state index contributed by atoms with van der Waals surface area (Å²) in [6.07, 6.45) is -3.55. The zero-order chi connectivity index (χ0) is 17.8. The minimum atomic E-state index is -4.36. The van der Waals surface area contributed by atoms with Crippen LogP contribution < -0.4 is 10.6 Å². The number of hydrogen-bond acceptors (Lipinski definition) is 2. The molecular formula is C17H23F3IN3O. The Morgan fingerprint density at radius 2 is 2.04 bits per heavy atom.